The lowest BCUT2D eigenvalue weighted by Gasteiger charge is -2.26. The first kappa shape index (κ1) is 18.5. The average Bonchev–Trinajstić information content (AvgIpc) is 2.46. The molecule has 0 aromatic heterocycles. The molecule has 0 fully saturated rings. The highest BCUT2D eigenvalue weighted by Crippen LogP contribution is 2.43. The van der Waals surface area contributed by atoms with Crippen molar-refractivity contribution in [3.63, 3.8) is 0 Å². The van der Waals surface area contributed by atoms with E-state index in [2.05, 4.69) is 95.8 Å². The van der Waals surface area contributed by atoms with Crippen molar-refractivity contribution in [2.75, 3.05) is 28.2 Å². The summed E-state index contributed by atoms with van der Waals surface area (Å²) in [4.78, 5) is 4.36. The van der Waals surface area contributed by atoms with Crippen molar-refractivity contribution in [3.05, 3.63) is 70.8 Å². The fourth-order valence-corrected chi connectivity index (χ4v) is 3.35. The van der Waals surface area contributed by atoms with E-state index in [1.54, 1.807) is 0 Å². The SMILES string of the molecule is CN(C)Cc1cccc(C(P)(S)c2cccc(CN(C)C)c2)c1. The van der Waals surface area contributed by atoms with Crippen LogP contribution in [0.2, 0.25) is 0 Å². The Bertz CT molecular complexity index is 598. The number of thiol groups is 1. The molecule has 0 aliphatic carbocycles. The van der Waals surface area contributed by atoms with Crippen molar-refractivity contribution in [2.24, 2.45) is 0 Å². The fraction of sp³-hybridized carbons (Fsp3) is 0.368. The molecule has 2 aromatic carbocycles. The monoisotopic (exact) mass is 346 g/mol. The van der Waals surface area contributed by atoms with E-state index in [9.17, 15) is 0 Å². The Labute approximate surface area is 148 Å². The highest BCUT2D eigenvalue weighted by atomic mass is 32.1. The molecule has 1 unspecified atom stereocenters. The highest BCUT2D eigenvalue weighted by Gasteiger charge is 2.25. The molecule has 124 valence electrons. The molecule has 0 aliphatic rings. The van der Waals surface area contributed by atoms with Gasteiger partial charge in [-0.3, -0.25) is 0 Å². The molecule has 4 heteroatoms. The maximum absolute atomic E-state index is 4.98. The molecular formula is C19H27N2PS. The van der Waals surface area contributed by atoms with Crippen LogP contribution in [-0.4, -0.2) is 38.0 Å². The maximum Gasteiger partial charge on any atom is 0.0764 e. The van der Waals surface area contributed by atoms with Gasteiger partial charge in [0.25, 0.3) is 0 Å². The van der Waals surface area contributed by atoms with Gasteiger partial charge in [-0.2, -0.15) is 12.6 Å². The second-order valence-corrected chi connectivity index (χ2v) is 8.70. The second-order valence-electron chi connectivity index (χ2n) is 6.64. The van der Waals surface area contributed by atoms with Crippen LogP contribution in [0, 0.1) is 0 Å². The molecule has 0 aliphatic heterocycles. The zero-order valence-electron chi connectivity index (χ0n) is 14.5. The second kappa shape index (κ2) is 7.81. The van der Waals surface area contributed by atoms with Crippen LogP contribution in [0.3, 0.4) is 0 Å². The largest absolute Gasteiger partial charge is 0.305 e. The molecule has 0 heterocycles. The Hall–Kier alpha value is -0.860. The van der Waals surface area contributed by atoms with E-state index in [1.807, 2.05) is 0 Å². The minimum atomic E-state index is -0.384. The summed E-state index contributed by atoms with van der Waals surface area (Å²) < 4.78 is -0.384. The fourth-order valence-electron chi connectivity index (χ4n) is 2.71. The number of benzene rings is 2. The van der Waals surface area contributed by atoms with Gasteiger partial charge in [-0.15, -0.1) is 9.24 Å². The first-order valence-corrected chi connectivity index (χ1v) is 8.81. The van der Waals surface area contributed by atoms with Gasteiger partial charge in [-0.05, 0) is 50.4 Å². The van der Waals surface area contributed by atoms with Crippen molar-refractivity contribution in [2.45, 2.75) is 17.6 Å². The van der Waals surface area contributed by atoms with Crippen LogP contribution >= 0.6 is 21.9 Å². The zero-order valence-corrected chi connectivity index (χ0v) is 16.5. The number of rotatable bonds is 6. The lowest BCUT2D eigenvalue weighted by Crippen LogP contribution is -2.16. The average molecular weight is 346 g/mol. The van der Waals surface area contributed by atoms with E-state index >= 15 is 0 Å². The lowest BCUT2D eigenvalue weighted by atomic mass is 9.99. The standard InChI is InChI=1S/C19H27N2PS/c1-20(2)13-15-7-5-9-17(11-15)19(22,23)18-10-6-8-16(12-18)14-21(3)4/h5-12,23H,13-14,22H2,1-4H3. The third-order valence-corrected chi connectivity index (χ3v) is 4.91. The summed E-state index contributed by atoms with van der Waals surface area (Å²) in [5.74, 6) is 0. The highest BCUT2D eigenvalue weighted by molar-refractivity contribution is 7.86. The summed E-state index contributed by atoms with van der Waals surface area (Å²) in [6, 6.07) is 17.4. The van der Waals surface area contributed by atoms with Crippen LogP contribution in [0.4, 0.5) is 0 Å². The molecule has 2 rings (SSSR count). The zero-order chi connectivity index (χ0) is 17.0. The minimum Gasteiger partial charge on any atom is -0.305 e. The molecule has 0 amide bonds. The van der Waals surface area contributed by atoms with Gasteiger partial charge in [0, 0.05) is 13.1 Å². The van der Waals surface area contributed by atoms with E-state index in [4.69, 9.17) is 12.6 Å². The lowest BCUT2D eigenvalue weighted by molar-refractivity contribution is 0.402. The van der Waals surface area contributed by atoms with Gasteiger partial charge in [0.2, 0.25) is 0 Å². The van der Waals surface area contributed by atoms with Crippen molar-refractivity contribution < 1.29 is 0 Å². The topological polar surface area (TPSA) is 6.48 Å². The van der Waals surface area contributed by atoms with Crippen LogP contribution < -0.4 is 0 Å². The molecule has 0 N–H and O–H groups in total. The summed E-state index contributed by atoms with van der Waals surface area (Å²) in [6.07, 6.45) is 0. The van der Waals surface area contributed by atoms with Crippen molar-refractivity contribution in [1.82, 2.24) is 9.80 Å². The molecule has 1 atom stereocenters. The first-order chi connectivity index (χ1) is 10.8. The molecule has 0 spiro atoms. The van der Waals surface area contributed by atoms with Crippen LogP contribution in [0.1, 0.15) is 22.3 Å². The van der Waals surface area contributed by atoms with Crippen molar-refractivity contribution in [1.29, 1.82) is 0 Å². The number of nitrogens with zero attached hydrogens (tertiary/aromatic N) is 2. The molecular weight excluding hydrogens is 319 g/mol. The normalized spacial score (nSPS) is 12.2. The summed E-state index contributed by atoms with van der Waals surface area (Å²) >= 11 is 4.98. The van der Waals surface area contributed by atoms with Gasteiger partial charge < -0.3 is 9.80 Å². The molecule has 23 heavy (non-hydrogen) atoms. The third kappa shape index (κ3) is 5.06. The van der Waals surface area contributed by atoms with Crippen molar-refractivity contribution in [3.8, 4) is 0 Å². The van der Waals surface area contributed by atoms with Crippen LogP contribution in [0.5, 0.6) is 0 Å². The maximum atomic E-state index is 4.98. The molecule has 0 radical (unpaired) electrons. The van der Waals surface area contributed by atoms with E-state index in [-0.39, 0.29) is 4.49 Å². The third-order valence-electron chi connectivity index (χ3n) is 3.73. The Morgan fingerprint density at radius 1 is 0.826 bits per heavy atom. The molecule has 0 bridgehead atoms. The summed E-state index contributed by atoms with van der Waals surface area (Å²) in [5.41, 5.74) is 5.01. The Balaban J connectivity index is 2.34. The minimum absolute atomic E-state index is 0.384. The smallest absolute Gasteiger partial charge is 0.0764 e. The van der Waals surface area contributed by atoms with E-state index in [0.29, 0.717) is 0 Å². The van der Waals surface area contributed by atoms with Crippen molar-refractivity contribution >= 4 is 21.9 Å². The Morgan fingerprint density at radius 3 is 1.57 bits per heavy atom. The summed E-state index contributed by atoms with van der Waals surface area (Å²) in [7, 11) is 11.3. The van der Waals surface area contributed by atoms with Gasteiger partial charge in [-0.1, -0.05) is 48.5 Å². The van der Waals surface area contributed by atoms with Gasteiger partial charge in [0.1, 0.15) is 0 Å². The van der Waals surface area contributed by atoms with Crippen LogP contribution in [0.25, 0.3) is 0 Å². The summed E-state index contributed by atoms with van der Waals surface area (Å²) in [6.45, 7) is 1.87. The van der Waals surface area contributed by atoms with Crippen LogP contribution in [-0.2, 0) is 17.6 Å². The van der Waals surface area contributed by atoms with E-state index in [0.717, 1.165) is 13.1 Å². The molecule has 0 saturated carbocycles. The molecule has 2 nitrogen and oxygen atoms in total. The Morgan fingerprint density at radius 2 is 1.22 bits per heavy atom. The van der Waals surface area contributed by atoms with Gasteiger partial charge in [0.05, 0.1) is 4.49 Å². The van der Waals surface area contributed by atoms with E-state index < -0.39 is 0 Å². The first-order valence-electron chi connectivity index (χ1n) is 7.78. The Kier molecular flexibility index (Phi) is 6.27. The van der Waals surface area contributed by atoms with E-state index in [1.165, 1.54) is 22.3 Å². The quantitative estimate of drug-likeness (QED) is 0.628. The van der Waals surface area contributed by atoms with Gasteiger partial charge in [0.15, 0.2) is 0 Å². The predicted octanol–water partition coefficient (Wildman–Crippen LogP) is 3.82. The number of hydrogen-bond acceptors (Lipinski definition) is 3. The van der Waals surface area contributed by atoms with Gasteiger partial charge >= 0.3 is 0 Å². The molecule has 2 aromatic rings. The molecule has 0 saturated heterocycles. The summed E-state index contributed by atoms with van der Waals surface area (Å²) in [5, 5.41) is 0. The number of hydrogen-bond donors (Lipinski definition) is 1. The predicted molar refractivity (Wildman–Crippen MR) is 107 cm³/mol. The van der Waals surface area contributed by atoms with Crippen LogP contribution in [0.15, 0.2) is 48.5 Å². The van der Waals surface area contributed by atoms with Gasteiger partial charge in [-0.25, -0.2) is 0 Å².